The van der Waals surface area contributed by atoms with Gasteiger partial charge in [-0.25, -0.2) is 0 Å². The fourth-order valence-electron chi connectivity index (χ4n) is 1.77. The van der Waals surface area contributed by atoms with Crippen molar-refractivity contribution >= 4 is 5.97 Å². The topological polar surface area (TPSA) is 38.3 Å². The molecule has 0 saturated carbocycles. The van der Waals surface area contributed by atoms with Gasteiger partial charge in [-0.2, -0.15) is 0 Å². The van der Waals surface area contributed by atoms with E-state index in [4.69, 9.17) is 4.74 Å². The van der Waals surface area contributed by atoms with E-state index < -0.39 is 0 Å². The Morgan fingerprint density at radius 1 is 1.21 bits per heavy atom. The molecule has 106 valence electrons. The summed E-state index contributed by atoms with van der Waals surface area (Å²) in [6.07, 6.45) is 2.62. The number of hydrogen-bond acceptors (Lipinski definition) is 3. The first-order chi connectivity index (χ1) is 9.11. The molecule has 3 nitrogen and oxygen atoms in total. The van der Waals surface area contributed by atoms with Gasteiger partial charge in [0.25, 0.3) is 0 Å². The van der Waals surface area contributed by atoms with Crippen LogP contribution in [-0.4, -0.2) is 19.1 Å². The molecule has 0 aromatic heterocycles. The van der Waals surface area contributed by atoms with Crippen LogP contribution in [0.25, 0.3) is 0 Å². The lowest BCUT2D eigenvalue weighted by atomic mass is 10.1. The zero-order valence-electron chi connectivity index (χ0n) is 12.2. The van der Waals surface area contributed by atoms with Gasteiger partial charge in [0.05, 0.1) is 0 Å². The first-order valence-electron chi connectivity index (χ1n) is 7.12. The summed E-state index contributed by atoms with van der Waals surface area (Å²) in [6.45, 7) is 8.22. The third-order valence-electron chi connectivity index (χ3n) is 2.75. The van der Waals surface area contributed by atoms with Crippen molar-refractivity contribution < 1.29 is 9.53 Å². The summed E-state index contributed by atoms with van der Waals surface area (Å²) in [5, 5.41) is 3.37. The monoisotopic (exact) mass is 263 g/mol. The van der Waals surface area contributed by atoms with Crippen molar-refractivity contribution in [2.75, 3.05) is 13.1 Å². The van der Waals surface area contributed by atoms with E-state index in [1.165, 1.54) is 5.56 Å². The average molecular weight is 263 g/mol. The number of carbonyl (C=O) groups is 1. The van der Waals surface area contributed by atoms with Crippen LogP contribution in [0.15, 0.2) is 24.3 Å². The summed E-state index contributed by atoms with van der Waals surface area (Å²) in [5.74, 6) is 0.805. The van der Waals surface area contributed by atoms with E-state index in [1.54, 1.807) is 0 Å². The molecule has 0 aliphatic rings. The zero-order valence-corrected chi connectivity index (χ0v) is 12.2. The molecule has 0 unspecified atom stereocenters. The van der Waals surface area contributed by atoms with Gasteiger partial charge in [0, 0.05) is 6.42 Å². The maximum atomic E-state index is 11.5. The van der Waals surface area contributed by atoms with Gasteiger partial charge in [-0.3, -0.25) is 4.79 Å². The quantitative estimate of drug-likeness (QED) is 0.445. The number of ether oxygens (including phenoxy) is 1. The molecule has 0 amide bonds. The highest BCUT2D eigenvalue weighted by Crippen LogP contribution is 2.14. The minimum absolute atomic E-state index is 0.160. The normalized spacial score (nSPS) is 10.7. The van der Waals surface area contributed by atoms with Gasteiger partial charge in [-0.15, -0.1) is 0 Å². The number of rotatable bonds is 8. The molecule has 0 saturated heterocycles. The van der Waals surface area contributed by atoms with Crippen molar-refractivity contribution in [2.24, 2.45) is 5.92 Å². The Labute approximate surface area is 116 Å². The van der Waals surface area contributed by atoms with E-state index in [9.17, 15) is 4.79 Å². The second-order valence-electron chi connectivity index (χ2n) is 5.22. The van der Waals surface area contributed by atoms with Gasteiger partial charge in [0.15, 0.2) is 0 Å². The van der Waals surface area contributed by atoms with Gasteiger partial charge in [-0.1, -0.05) is 32.9 Å². The van der Waals surface area contributed by atoms with Gasteiger partial charge >= 0.3 is 5.97 Å². The zero-order chi connectivity index (χ0) is 14.1. The molecular weight excluding hydrogens is 238 g/mol. The number of benzene rings is 1. The van der Waals surface area contributed by atoms with Crippen molar-refractivity contribution in [3.05, 3.63) is 29.8 Å². The molecule has 1 aromatic carbocycles. The predicted molar refractivity (Wildman–Crippen MR) is 78.4 cm³/mol. The van der Waals surface area contributed by atoms with Crippen molar-refractivity contribution in [1.82, 2.24) is 5.32 Å². The third kappa shape index (κ3) is 6.97. The second kappa shape index (κ2) is 8.70. The SMILES string of the molecule is CCCNCCc1ccc(OC(=O)CC(C)C)cc1. The number of carbonyl (C=O) groups excluding carboxylic acids is 1. The molecule has 0 spiro atoms. The molecule has 0 atom stereocenters. The largest absolute Gasteiger partial charge is 0.427 e. The van der Waals surface area contributed by atoms with E-state index in [0.29, 0.717) is 18.1 Å². The highest BCUT2D eigenvalue weighted by atomic mass is 16.5. The summed E-state index contributed by atoms with van der Waals surface area (Å²) >= 11 is 0. The molecule has 0 radical (unpaired) electrons. The molecule has 1 aromatic rings. The van der Waals surface area contributed by atoms with E-state index >= 15 is 0 Å². The van der Waals surface area contributed by atoms with E-state index in [2.05, 4.69) is 12.2 Å². The van der Waals surface area contributed by atoms with Crippen LogP contribution in [0.4, 0.5) is 0 Å². The molecule has 0 aliphatic carbocycles. The van der Waals surface area contributed by atoms with Crippen LogP contribution < -0.4 is 10.1 Å². The van der Waals surface area contributed by atoms with Crippen LogP contribution in [0.2, 0.25) is 0 Å². The highest BCUT2D eigenvalue weighted by Gasteiger charge is 2.07. The van der Waals surface area contributed by atoms with E-state index in [-0.39, 0.29) is 5.97 Å². The van der Waals surface area contributed by atoms with Gasteiger partial charge in [0.2, 0.25) is 0 Å². The molecule has 0 heterocycles. The Morgan fingerprint density at radius 2 is 1.89 bits per heavy atom. The standard InChI is InChI=1S/C16H25NO2/c1-4-10-17-11-9-14-5-7-15(8-6-14)19-16(18)12-13(2)3/h5-8,13,17H,4,9-12H2,1-3H3. The molecule has 0 bridgehead atoms. The van der Waals surface area contributed by atoms with Crippen molar-refractivity contribution in [3.63, 3.8) is 0 Å². The first-order valence-corrected chi connectivity index (χ1v) is 7.12. The van der Waals surface area contributed by atoms with Gasteiger partial charge in [0.1, 0.15) is 5.75 Å². The Hall–Kier alpha value is -1.35. The molecule has 1 N–H and O–H groups in total. The Morgan fingerprint density at radius 3 is 2.47 bits per heavy atom. The number of esters is 1. The smallest absolute Gasteiger partial charge is 0.311 e. The van der Waals surface area contributed by atoms with Crippen molar-refractivity contribution in [1.29, 1.82) is 0 Å². The minimum atomic E-state index is -0.160. The minimum Gasteiger partial charge on any atom is -0.427 e. The first kappa shape index (κ1) is 15.7. The predicted octanol–water partition coefficient (Wildman–Crippen LogP) is 3.18. The Kier molecular flexibility index (Phi) is 7.19. The van der Waals surface area contributed by atoms with Gasteiger partial charge in [-0.05, 0) is 49.5 Å². The van der Waals surface area contributed by atoms with E-state index in [0.717, 1.165) is 25.9 Å². The summed E-state index contributed by atoms with van der Waals surface area (Å²) in [6, 6.07) is 7.78. The maximum absolute atomic E-state index is 11.5. The second-order valence-corrected chi connectivity index (χ2v) is 5.22. The fraction of sp³-hybridized carbons (Fsp3) is 0.562. The van der Waals surface area contributed by atoms with Gasteiger partial charge < -0.3 is 10.1 Å². The van der Waals surface area contributed by atoms with Crippen LogP contribution in [0.5, 0.6) is 5.75 Å². The number of hydrogen-bond donors (Lipinski definition) is 1. The molecule has 1 rings (SSSR count). The molecule has 0 aliphatic heterocycles. The molecule has 19 heavy (non-hydrogen) atoms. The lowest BCUT2D eigenvalue weighted by Crippen LogP contribution is -2.17. The van der Waals surface area contributed by atoms with E-state index in [1.807, 2.05) is 38.1 Å². The molecular formula is C16H25NO2. The summed E-state index contributed by atoms with van der Waals surface area (Å²) in [7, 11) is 0. The third-order valence-corrected chi connectivity index (χ3v) is 2.75. The molecule has 0 fully saturated rings. The Balaban J connectivity index is 2.36. The van der Waals surface area contributed by atoms with Crippen LogP contribution >= 0.6 is 0 Å². The van der Waals surface area contributed by atoms with Crippen LogP contribution in [0, 0.1) is 5.92 Å². The van der Waals surface area contributed by atoms with Crippen LogP contribution in [0.1, 0.15) is 39.2 Å². The van der Waals surface area contributed by atoms with Crippen LogP contribution in [0.3, 0.4) is 0 Å². The number of nitrogens with one attached hydrogen (secondary N) is 1. The highest BCUT2D eigenvalue weighted by molar-refractivity contribution is 5.72. The Bertz CT molecular complexity index is 371. The summed E-state index contributed by atoms with van der Waals surface area (Å²) < 4.78 is 5.27. The summed E-state index contributed by atoms with van der Waals surface area (Å²) in [4.78, 5) is 11.5. The average Bonchev–Trinajstić information content (AvgIpc) is 2.35. The van der Waals surface area contributed by atoms with Crippen molar-refractivity contribution in [3.8, 4) is 5.75 Å². The lowest BCUT2D eigenvalue weighted by molar-refractivity contribution is -0.135. The fourth-order valence-corrected chi connectivity index (χ4v) is 1.77. The van der Waals surface area contributed by atoms with Crippen LogP contribution in [-0.2, 0) is 11.2 Å². The maximum Gasteiger partial charge on any atom is 0.311 e. The molecule has 3 heteroatoms. The summed E-state index contributed by atoms with van der Waals surface area (Å²) in [5.41, 5.74) is 1.26. The lowest BCUT2D eigenvalue weighted by Gasteiger charge is -2.07. The van der Waals surface area contributed by atoms with Crippen molar-refractivity contribution in [2.45, 2.75) is 40.0 Å².